The smallest absolute Gasteiger partial charge is 0.116 e. The van der Waals surface area contributed by atoms with Crippen LogP contribution in [0.1, 0.15) is 5.56 Å². The summed E-state index contributed by atoms with van der Waals surface area (Å²) in [5, 5.41) is 9.46. The Morgan fingerprint density at radius 3 is 2.40 bits per heavy atom. The maximum absolute atomic E-state index is 9.46. The SMILES string of the molecule is C=Cc1ccc(O)cc1-c1ccccc1. The lowest BCUT2D eigenvalue weighted by atomic mass is 9.99. The first-order valence-electron chi connectivity index (χ1n) is 4.82. The minimum Gasteiger partial charge on any atom is -0.508 e. The molecule has 1 heteroatoms. The molecule has 0 spiro atoms. The Balaban J connectivity index is 2.61. The predicted molar refractivity (Wildman–Crippen MR) is 63.6 cm³/mol. The highest BCUT2D eigenvalue weighted by Gasteiger charge is 2.02. The zero-order valence-electron chi connectivity index (χ0n) is 8.35. The topological polar surface area (TPSA) is 20.2 Å². The van der Waals surface area contributed by atoms with Crippen molar-refractivity contribution in [3.8, 4) is 16.9 Å². The van der Waals surface area contributed by atoms with Gasteiger partial charge in [-0.05, 0) is 28.8 Å². The molecule has 2 aromatic rings. The number of aromatic hydroxyl groups is 1. The van der Waals surface area contributed by atoms with Crippen molar-refractivity contribution in [1.82, 2.24) is 0 Å². The van der Waals surface area contributed by atoms with Crippen LogP contribution < -0.4 is 0 Å². The molecule has 0 unspecified atom stereocenters. The van der Waals surface area contributed by atoms with Gasteiger partial charge in [-0.2, -0.15) is 0 Å². The highest BCUT2D eigenvalue weighted by Crippen LogP contribution is 2.27. The van der Waals surface area contributed by atoms with Crippen molar-refractivity contribution in [2.24, 2.45) is 0 Å². The Hall–Kier alpha value is -2.02. The fraction of sp³-hybridized carbons (Fsp3) is 0. The van der Waals surface area contributed by atoms with Gasteiger partial charge in [-0.15, -0.1) is 0 Å². The molecule has 0 saturated heterocycles. The lowest BCUT2D eigenvalue weighted by molar-refractivity contribution is 0.475. The number of benzene rings is 2. The Morgan fingerprint density at radius 1 is 1.00 bits per heavy atom. The quantitative estimate of drug-likeness (QED) is 0.776. The maximum atomic E-state index is 9.46. The molecule has 0 heterocycles. The summed E-state index contributed by atoms with van der Waals surface area (Å²) in [6.45, 7) is 3.77. The van der Waals surface area contributed by atoms with Gasteiger partial charge in [0.1, 0.15) is 5.75 Å². The minimum atomic E-state index is 0.277. The first-order chi connectivity index (χ1) is 7.31. The van der Waals surface area contributed by atoms with Gasteiger partial charge >= 0.3 is 0 Å². The second-order valence-corrected chi connectivity index (χ2v) is 3.34. The molecule has 15 heavy (non-hydrogen) atoms. The highest BCUT2D eigenvalue weighted by atomic mass is 16.3. The van der Waals surface area contributed by atoms with Gasteiger partial charge in [-0.1, -0.05) is 49.1 Å². The van der Waals surface area contributed by atoms with Gasteiger partial charge in [-0.25, -0.2) is 0 Å². The average molecular weight is 196 g/mol. The Morgan fingerprint density at radius 2 is 1.73 bits per heavy atom. The first kappa shape index (κ1) is 9.53. The summed E-state index contributed by atoms with van der Waals surface area (Å²) in [7, 11) is 0. The van der Waals surface area contributed by atoms with E-state index in [1.54, 1.807) is 18.2 Å². The number of phenols is 1. The summed E-state index contributed by atoms with van der Waals surface area (Å²) < 4.78 is 0. The van der Waals surface area contributed by atoms with Crippen LogP contribution in [-0.2, 0) is 0 Å². The molecular weight excluding hydrogens is 184 g/mol. The number of hydrogen-bond donors (Lipinski definition) is 1. The lowest BCUT2D eigenvalue weighted by Gasteiger charge is -2.06. The summed E-state index contributed by atoms with van der Waals surface area (Å²) in [5.41, 5.74) is 3.12. The Bertz CT molecular complexity index is 472. The molecule has 0 aromatic heterocycles. The van der Waals surface area contributed by atoms with Crippen LogP contribution in [0.4, 0.5) is 0 Å². The second kappa shape index (κ2) is 4.01. The van der Waals surface area contributed by atoms with E-state index in [4.69, 9.17) is 0 Å². The van der Waals surface area contributed by atoms with Crippen molar-refractivity contribution >= 4 is 6.08 Å². The van der Waals surface area contributed by atoms with E-state index in [1.165, 1.54) is 0 Å². The van der Waals surface area contributed by atoms with E-state index in [-0.39, 0.29) is 5.75 Å². The monoisotopic (exact) mass is 196 g/mol. The second-order valence-electron chi connectivity index (χ2n) is 3.34. The van der Waals surface area contributed by atoms with E-state index in [9.17, 15) is 5.11 Å². The molecule has 2 rings (SSSR count). The minimum absolute atomic E-state index is 0.277. The van der Waals surface area contributed by atoms with Crippen molar-refractivity contribution < 1.29 is 5.11 Å². The Kier molecular flexibility index (Phi) is 2.55. The van der Waals surface area contributed by atoms with Crippen LogP contribution in [0.15, 0.2) is 55.1 Å². The molecule has 1 N–H and O–H groups in total. The molecule has 0 saturated carbocycles. The standard InChI is InChI=1S/C14H12O/c1-2-11-8-9-13(15)10-14(11)12-6-4-3-5-7-12/h2-10,15H,1H2. The van der Waals surface area contributed by atoms with E-state index >= 15 is 0 Å². The molecule has 2 aromatic carbocycles. The Labute approximate surface area is 89.3 Å². The van der Waals surface area contributed by atoms with Gasteiger partial charge < -0.3 is 5.11 Å². The van der Waals surface area contributed by atoms with E-state index in [0.29, 0.717) is 0 Å². The summed E-state index contributed by atoms with van der Waals surface area (Å²) >= 11 is 0. The van der Waals surface area contributed by atoms with E-state index < -0.39 is 0 Å². The molecule has 0 aliphatic heterocycles. The van der Waals surface area contributed by atoms with Gasteiger partial charge in [0.25, 0.3) is 0 Å². The molecule has 0 aliphatic carbocycles. The largest absolute Gasteiger partial charge is 0.508 e. The van der Waals surface area contributed by atoms with Crippen LogP contribution in [-0.4, -0.2) is 5.11 Å². The van der Waals surface area contributed by atoms with Crippen molar-refractivity contribution in [1.29, 1.82) is 0 Å². The number of hydrogen-bond acceptors (Lipinski definition) is 1. The molecule has 0 radical (unpaired) electrons. The summed E-state index contributed by atoms with van der Waals surface area (Å²) in [5.74, 6) is 0.277. The average Bonchev–Trinajstić information content (AvgIpc) is 2.30. The predicted octanol–water partition coefficient (Wildman–Crippen LogP) is 3.70. The van der Waals surface area contributed by atoms with Crippen molar-refractivity contribution in [3.05, 3.63) is 60.7 Å². The van der Waals surface area contributed by atoms with Crippen LogP contribution in [0.25, 0.3) is 17.2 Å². The molecule has 0 bridgehead atoms. The normalized spacial score (nSPS) is 9.87. The van der Waals surface area contributed by atoms with Crippen LogP contribution in [0.5, 0.6) is 5.75 Å². The van der Waals surface area contributed by atoms with E-state index in [2.05, 4.69) is 6.58 Å². The van der Waals surface area contributed by atoms with Gasteiger partial charge in [0, 0.05) is 0 Å². The van der Waals surface area contributed by atoms with Gasteiger partial charge in [0.05, 0.1) is 0 Å². The van der Waals surface area contributed by atoms with Crippen LogP contribution >= 0.6 is 0 Å². The molecule has 1 nitrogen and oxygen atoms in total. The molecule has 74 valence electrons. The van der Waals surface area contributed by atoms with E-state index in [1.807, 2.05) is 36.4 Å². The van der Waals surface area contributed by atoms with E-state index in [0.717, 1.165) is 16.7 Å². The third kappa shape index (κ3) is 1.91. The number of phenolic OH excluding ortho intramolecular Hbond substituents is 1. The molecule has 0 aliphatic rings. The van der Waals surface area contributed by atoms with Crippen LogP contribution in [0.3, 0.4) is 0 Å². The van der Waals surface area contributed by atoms with Crippen molar-refractivity contribution in [2.75, 3.05) is 0 Å². The molecule has 0 amide bonds. The zero-order chi connectivity index (χ0) is 10.7. The van der Waals surface area contributed by atoms with Crippen LogP contribution in [0.2, 0.25) is 0 Å². The summed E-state index contributed by atoms with van der Waals surface area (Å²) in [6, 6.07) is 15.3. The maximum Gasteiger partial charge on any atom is 0.116 e. The zero-order valence-corrected chi connectivity index (χ0v) is 8.35. The molecular formula is C14H12O. The third-order valence-corrected chi connectivity index (χ3v) is 2.34. The third-order valence-electron chi connectivity index (χ3n) is 2.34. The van der Waals surface area contributed by atoms with Crippen molar-refractivity contribution in [2.45, 2.75) is 0 Å². The van der Waals surface area contributed by atoms with Gasteiger partial charge in [0.2, 0.25) is 0 Å². The highest BCUT2D eigenvalue weighted by molar-refractivity contribution is 5.75. The number of rotatable bonds is 2. The van der Waals surface area contributed by atoms with Gasteiger partial charge in [0.15, 0.2) is 0 Å². The summed E-state index contributed by atoms with van der Waals surface area (Å²) in [6.07, 6.45) is 1.79. The van der Waals surface area contributed by atoms with Crippen molar-refractivity contribution in [3.63, 3.8) is 0 Å². The molecule has 0 fully saturated rings. The fourth-order valence-electron chi connectivity index (χ4n) is 1.59. The van der Waals surface area contributed by atoms with Crippen LogP contribution in [0, 0.1) is 0 Å². The summed E-state index contributed by atoms with van der Waals surface area (Å²) in [4.78, 5) is 0. The first-order valence-corrected chi connectivity index (χ1v) is 4.82. The molecule has 0 atom stereocenters. The van der Waals surface area contributed by atoms with Gasteiger partial charge in [-0.3, -0.25) is 0 Å². The lowest BCUT2D eigenvalue weighted by Crippen LogP contribution is -1.82. The fourth-order valence-corrected chi connectivity index (χ4v) is 1.59.